The molecule has 0 N–H and O–H groups in total. The summed E-state index contributed by atoms with van der Waals surface area (Å²) in [5.74, 6) is 1.08. The summed E-state index contributed by atoms with van der Waals surface area (Å²) in [4.78, 5) is 19.5. The molecule has 1 saturated heterocycles. The predicted octanol–water partition coefficient (Wildman–Crippen LogP) is 4.43. The normalized spacial score (nSPS) is 16.9. The lowest BCUT2D eigenvalue weighted by atomic mass is 10.1. The molecule has 0 unspecified atom stereocenters. The first-order valence-corrected chi connectivity index (χ1v) is 8.79. The van der Waals surface area contributed by atoms with E-state index in [1.54, 1.807) is 6.20 Å². The van der Waals surface area contributed by atoms with Gasteiger partial charge in [-0.25, -0.2) is 4.98 Å². The Morgan fingerprint density at radius 3 is 2.85 bits per heavy atom. The summed E-state index contributed by atoms with van der Waals surface area (Å²) < 4.78 is 2.01. The van der Waals surface area contributed by atoms with E-state index < -0.39 is 0 Å². The van der Waals surface area contributed by atoms with Crippen molar-refractivity contribution in [1.29, 1.82) is 0 Å². The largest absolute Gasteiger partial charge is 0.311 e. The van der Waals surface area contributed by atoms with E-state index in [1.807, 2.05) is 40.7 Å². The van der Waals surface area contributed by atoms with Crippen LogP contribution in [0.4, 0.5) is 5.69 Å². The molecule has 1 fully saturated rings. The second kappa shape index (κ2) is 6.32. The smallest absolute Gasteiger partial charge is 0.227 e. The van der Waals surface area contributed by atoms with E-state index in [0.29, 0.717) is 13.0 Å². The highest BCUT2D eigenvalue weighted by Crippen LogP contribution is 2.34. The van der Waals surface area contributed by atoms with Gasteiger partial charge in [-0.3, -0.25) is 9.36 Å². The van der Waals surface area contributed by atoms with E-state index in [1.165, 1.54) is 0 Å². The van der Waals surface area contributed by atoms with Gasteiger partial charge in [0.25, 0.3) is 0 Å². The molecule has 2 heterocycles. The van der Waals surface area contributed by atoms with Gasteiger partial charge >= 0.3 is 0 Å². The standard InChI is InChI=1S/C22H21N3O/c1-4-11-24-19-8-6-5-7-18(19)23-22(24)17-13-21(26)25(14-17)20-12-15(2)9-10-16(20)3/h5-12,17H,1,13-14H2,2-3H3/t17-/m1/s1. The average Bonchev–Trinajstić information content (AvgIpc) is 3.18. The van der Waals surface area contributed by atoms with Crippen molar-refractivity contribution in [2.24, 2.45) is 0 Å². The predicted molar refractivity (Wildman–Crippen MR) is 105 cm³/mol. The second-order valence-corrected chi connectivity index (χ2v) is 6.86. The number of nitrogens with zero attached hydrogens (tertiary/aromatic N) is 3. The Labute approximate surface area is 153 Å². The molecule has 1 amide bonds. The van der Waals surface area contributed by atoms with Crippen LogP contribution in [0.5, 0.6) is 0 Å². The van der Waals surface area contributed by atoms with Gasteiger partial charge in [0, 0.05) is 24.6 Å². The monoisotopic (exact) mass is 343 g/mol. The second-order valence-electron chi connectivity index (χ2n) is 6.86. The van der Waals surface area contributed by atoms with Crippen LogP contribution in [-0.2, 0) is 4.79 Å². The maximum Gasteiger partial charge on any atom is 0.227 e. The summed E-state index contributed by atoms with van der Waals surface area (Å²) in [5.41, 5.74) is 8.05. The zero-order valence-electron chi connectivity index (χ0n) is 15.1. The Kier molecular flexibility index (Phi) is 3.98. The lowest BCUT2D eigenvalue weighted by Crippen LogP contribution is -2.25. The highest BCUT2D eigenvalue weighted by molar-refractivity contribution is 5.97. The molecule has 0 bridgehead atoms. The average molecular weight is 343 g/mol. The quantitative estimate of drug-likeness (QED) is 0.660. The van der Waals surface area contributed by atoms with Gasteiger partial charge < -0.3 is 4.90 Å². The first-order chi connectivity index (χ1) is 12.6. The molecule has 26 heavy (non-hydrogen) atoms. The number of aryl methyl sites for hydroxylation is 2. The van der Waals surface area contributed by atoms with Crippen LogP contribution in [0.25, 0.3) is 17.2 Å². The van der Waals surface area contributed by atoms with Crippen molar-refractivity contribution in [3.8, 4) is 0 Å². The molecule has 0 radical (unpaired) electrons. The summed E-state index contributed by atoms with van der Waals surface area (Å²) in [5, 5.41) is 0. The molecule has 2 aromatic carbocycles. The topological polar surface area (TPSA) is 38.1 Å². The third kappa shape index (κ3) is 2.65. The molecule has 0 saturated carbocycles. The minimum atomic E-state index is 0.0411. The molecule has 130 valence electrons. The number of hydrogen-bond donors (Lipinski definition) is 0. The van der Waals surface area contributed by atoms with Crippen LogP contribution in [0.15, 0.2) is 54.8 Å². The number of fused-ring (bicyclic) bond motifs is 1. The van der Waals surface area contributed by atoms with Crippen molar-refractivity contribution in [1.82, 2.24) is 9.55 Å². The number of rotatable bonds is 3. The molecule has 4 rings (SSSR count). The van der Waals surface area contributed by atoms with Gasteiger partial charge in [-0.2, -0.15) is 0 Å². The van der Waals surface area contributed by atoms with E-state index in [-0.39, 0.29) is 11.8 Å². The number of anilines is 1. The zero-order valence-corrected chi connectivity index (χ0v) is 15.1. The lowest BCUT2D eigenvalue weighted by Gasteiger charge is -2.19. The van der Waals surface area contributed by atoms with Crippen LogP contribution < -0.4 is 4.90 Å². The number of para-hydroxylation sites is 2. The van der Waals surface area contributed by atoms with Crippen LogP contribution in [0.2, 0.25) is 0 Å². The Bertz CT molecular complexity index is 1060. The molecule has 0 spiro atoms. The molecular formula is C22H21N3O. The first kappa shape index (κ1) is 16.4. The fourth-order valence-corrected chi connectivity index (χ4v) is 3.70. The molecule has 1 aromatic heterocycles. The highest BCUT2D eigenvalue weighted by Gasteiger charge is 2.35. The fraction of sp³-hybridized carbons (Fsp3) is 0.227. The van der Waals surface area contributed by atoms with Crippen LogP contribution in [0.3, 0.4) is 0 Å². The highest BCUT2D eigenvalue weighted by atomic mass is 16.2. The number of carbonyl (C=O) groups is 1. The molecule has 4 nitrogen and oxygen atoms in total. The number of amides is 1. The molecule has 3 aromatic rings. The van der Waals surface area contributed by atoms with Crippen LogP contribution in [0, 0.1) is 13.8 Å². The number of imidazole rings is 1. The van der Waals surface area contributed by atoms with Gasteiger partial charge in [-0.1, -0.05) is 30.8 Å². The van der Waals surface area contributed by atoms with E-state index >= 15 is 0 Å². The van der Waals surface area contributed by atoms with Crippen molar-refractivity contribution in [3.63, 3.8) is 0 Å². The minimum Gasteiger partial charge on any atom is -0.311 e. The van der Waals surface area contributed by atoms with Crippen LogP contribution >= 0.6 is 0 Å². The number of aromatic nitrogens is 2. The molecule has 1 aliphatic heterocycles. The maximum absolute atomic E-state index is 12.8. The summed E-state index contributed by atoms with van der Waals surface area (Å²) in [6.07, 6.45) is 2.26. The molecule has 0 aliphatic carbocycles. The van der Waals surface area contributed by atoms with Gasteiger partial charge in [0.2, 0.25) is 5.91 Å². The zero-order chi connectivity index (χ0) is 18.3. The number of hydrogen-bond acceptors (Lipinski definition) is 2. The Balaban J connectivity index is 1.76. The Morgan fingerprint density at radius 1 is 1.23 bits per heavy atom. The van der Waals surface area contributed by atoms with Gasteiger partial charge in [-0.05, 0) is 43.2 Å². The first-order valence-electron chi connectivity index (χ1n) is 8.79. The molecule has 1 atom stereocenters. The summed E-state index contributed by atoms with van der Waals surface area (Å²) in [7, 11) is 0. The summed E-state index contributed by atoms with van der Waals surface area (Å²) in [6, 6.07) is 14.2. The molecule has 4 heteroatoms. The fourth-order valence-electron chi connectivity index (χ4n) is 3.70. The third-order valence-electron chi connectivity index (χ3n) is 4.99. The van der Waals surface area contributed by atoms with Crippen LogP contribution in [0.1, 0.15) is 29.3 Å². The Hall–Kier alpha value is -3.10. The van der Waals surface area contributed by atoms with E-state index in [9.17, 15) is 4.79 Å². The van der Waals surface area contributed by atoms with Crippen molar-refractivity contribution in [2.75, 3.05) is 11.4 Å². The van der Waals surface area contributed by atoms with Gasteiger partial charge in [-0.15, -0.1) is 5.73 Å². The van der Waals surface area contributed by atoms with Crippen molar-refractivity contribution < 1.29 is 4.79 Å². The maximum atomic E-state index is 12.8. The van der Waals surface area contributed by atoms with Crippen molar-refractivity contribution in [3.05, 3.63) is 71.7 Å². The number of carbonyl (C=O) groups excluding carboxylic acids is 1. The van der Waals surface area contributed by atoms with Crippen molar-refractivity contribution in [2.45, 2.75) is 26.2 Å². The van der Waals surface area contributed by atoms with Crippen molar-refractivity contribution >= 4 is 28.8 Å². The Morgan fingerprint density at radius 2 is 2.04 bits per heavy atom. The lowest BCUT2D eigenvalue weighted by molar-refractivity contribution is -0.117. The summed E-state index contributed by atoms with van der Waals surface area (Å²) in [6.45, 7) is 8.44. The van der Waals surface area contributed by atoms with Crippen LogP contribution in [-0.4, -0.2) is 22.0 Å². The van der Waals surface area contributed by atoms with Gasteiger partial charge in [0.1, 0.15) is 5.82 Å². The minimum absolute atomic E-state index is 0.0411. The third-order valence-corrected chi connectivity index (χ3v) is 4.99. The van der Waals surface area contributed by atoms with E-state index in [2.05, 4.69) is 37.4 Å². The van der Waals surface area contributed by atoms with E-state index in [4.69, 9.17) is 4.98 Å². The van der Waals surface area contributed by atoms with E-state index in [0.717, 1.165) is 33.7 Å². The van der Waals surface area contributed by atoms with Gasteiger partial charge in [0.15, 0.2) is 0 Å². The molecular weight excluding hydrogens is 322 g/mol. The van der Waals surface area contributed by atoms with Gasteiger partial charge in [0.05, 0.1) is 17.2 Å². The summed E-state index contributed by atoms with van der Waals surface area (Å²) >= 11 is 0. The number of benzene rings is 2. The SMILES string of the molecule is C=C=Cn1c([C@@H]2CC(=O)N(c3cc(C)ccc3C)C2)nc2ccccc21. The molecule has 1 aliphatic rings.